The number of nitrogens with two attached hydrogens (primary N) is 1. The Morgan fingerprint density at radius 1 is 1.16 bits per heavy atom. The van der Waals surface area contributed by atoms with E-state index in [0.29, 0.717) is 13.0 Å². The van der Waals surface area contributed by atoms with Crippen molar-refractivity contribution in [2.24, 2.45) is 11.1 Å². The monoisotopic (exact) mass is 288 g/mol. The normalized spacial score (nSPS) is 11.6. The summed E-state index contributed by atoms with van der Waals surface area (Å²) in [6, 6.07) is 0. The van der Waals surface area contributed by atoms with Gasteiger partial charge in [0.1, 0.15) is 0 Å². The molecular weight excluding hydrogens is 256 g/mol. The molecular formula is C15H32N2OS. The van der Waals surface area contributed by atoms with Gasteiger partial charge < -0.3 is 11.1 Å². The lowest BCUT2D eigenvalue weighted by atomic mass is 9.84. The van der Waals surface area contributed by atoms with Crippen LogP contribution in [-0.2, 0) is 4.79 Å². The molecule has 3 nitrogen and oxygen atoms in total. The van der Waals surface area contributed by atoms with Crippen molar-refractivity contribution < 1.29 is 4.79 Å². The fraction of sp³-hybridized carbons (Fsp3) is 0.933. The molecule has 0 spiro atoms. The minimum atomic E-state index is 0.184. The van der Waals surface area contributed by atoms with Crippen molar-refractivity contribution in [1.29, 1.82) is 0 Å². The van der Waals surface area contributed by atoms with E-state index < -0.39 is 0 Å². The molecule has 0 rings (SSSR count). The molecule has 0 radical (unpaired) electrons. The lowest BCUT2D eigenvalue weighted by molar-refractivity contribution is -0.121. The number of nitrogens with one attached hydrogen (secondary N) is 1. The lowest BCUT2D eigenvalue weighted by Crippen LogP contribution is -2.26. The van der Waals surface area contributed by atoms with Gasteiger partial charge in [-0.1, -0.05) is 26.7 Å². The van der Waals surface area contributed by atoms with Gasteiger partial charge in [0, 0.05) is 13.0 Å². The van der Waals surface area contributed by atoms with E-state index in [-0.39, 0.29) is 11.3 Å². The van der Waals surface area contributed by atoms with E-state index in [1.807, 2.05) is 11.8 Å². The molecule has 0 aromatic rings. The topological polar surface area (TPSA) is 55.1 Å². The Labute approximate surface area is 123 Å². The summed E-state index contributed by atoms with van der Waals surface area (Å²) >= 11 is 1.90. The second-order valence-electron chi connectivity index (χ2n) is 5.96. The van der Waals surface area contributed by atoms with Crippen LogP contribution in [0.5, 0.6) is 0 Å². The van der Waals surface area contributed by atoms with Crippen molar-refractivity contribution >= 4 is 17.7 Å². The highest BCUT2D eigenvalue weighted by Crippen LogP contribution is 2.25. The van der Waals surface area contributed by atoms with E-state index in [4.69, 9.17) is 5.73 Å². The molecule has 19 heavy (non-hydrogen) atoms. The van der Waals surface area contributed by atoms with Gasteiger partial charge in [-0.25, -0.2) is 0 Å². The van der Waals surface area contributed by atoms with Crippen molar-refractivity contribution in [3.05, 3.63) is 0 Å². The van der Waals surface area contributed by atoms with E-state index >= 15 is 0 Å². The van der Waals surface area contributed by atoms with Crippen LogP contribution in [0, 0.1) is 5.41 Å². The quantitative estimate of drug-likeness (QED) is 0.542. The second-order valence-corrected chi connectivity index (χ2v) is 6.95. The number of amides is 1. The maximum absolute atomic E-state index is 11.7. The average molecular weight is 289 g/mol. The summed E-state index contributed by atoms with van der Waals surface area (Å²) < 4.78 is 0. The third-order valence-electron chi connectivity index (χ3n) is 3.45. The summed E-state index contributed by atoms with van der Waals surface area (Å²) in [5.41, 5.74) is 5.75. The lowest BCUT2D eigenvalue weighted by Gasteiger charge is -2.23. The first-order valence-corrected chi connectivity index (χ1v) is 8.87. The zero-order chi connectivity index (χ0) is 14.6. The molecule has 0 unspecified atom stereocenters. The zero-order valence-electron chi connectivity index (χ0n) is 13.0. The summed E-state index contributed by atoms with van der Waals surface area (Å²) in [7, 11) is 0. The first-order valence-electron chi connectivity index (χ1n) is 7.47. The Morgan fingerprint density at radius 2 is 1.84 bits per heavy atom. The van der Waals surface area contributed by atoms with Crippen LogP contribution < -0.4 is 11.1 Å². The fourth-order valence-corrected chi connectivity index (χ4v) is 2.50. The minimum Gasteiger partial charge on any atom is -0.356 e. The van der Waals surface area contributed by atoms with E-state index in [1.165, 1.54) is 25.0 Å². The molecule has 0 heterocycles. The molecule has 0 aromatic carbocycles. The maximum atomic E-state index is 11.7. The van der Waals surface area contributed by atoms with Gasteiger partial charge in [-0.15, -0.1) is 0 Å². The van der Waals surface area contributed by atoms with Crippen LogP contribution in [-0.4, -0.2) is 31.0 Å². The molecule has 0 aliphatic carbocycles. The summed E-state index contributed by atoms with van der Waals surface area (Å²) in [5.74, 6) is 1.44. The highest BCUT2D eigenvalue weighted by Gasteiger charge is 2.17. The first kappa shape index (κ1) is 18.8. The molecule has 0 aliphatic heterocycles. The summed E-state index contributed by atoms with van der Waals surface area (Å²) in [5, 5.41) is 3.01. The Bertz CT molecular complexity index is 232. The Balaban J connectivity index is 3.44. The van der Waals surface area contributed by atoms with Gasteiger partial charge in [0.15, 0.2) is 0 Å². The van der Waals surface area contributed by atoms with Crippen molar-refractivity contribution in [1.82, 2.24) is 5.32 Å². The third-order valence-corrected chi connectivity index (χ3v) is 4.14. The maximum Gasteiger partial charge on any atom is 0.220 e. The van der Waals surface area contributed by atoms with Gasteiger partial charge in [-0.3, -0.25) is 4.79 Å². The van der Waals surface area contributed by atoms with Crippen LogP contribution in [0.4, 0.5) is 0 Å². The van der Waals surface area contributed by atoms with Gasteiger partial charge in [0.05, 0.1) is 0 Å². The number of carbonyl (C=O) groups is 1. The summed E-state index contributed by atoms with van der Waals surface area (Å²) in [4.78, 5) is 11.7. The smallest absolute Gasteiger partial charge is 0.220 e. The van der Waals surface area contributed by atoms with E-state index in [1.54, 1.807) is 0 Å². The van der Waals surface area contributed by atoms with Crippen molar-refractivity contribution in [3.8, 4) is 0 Å². The predicted octanol–water partition coefficient (Wildman–Crippen LogP) is 3.18. The Morgan fingerprint density at radius 3 is 2.47 bits per heavy atom. The third kappa shape index (κ3) is 12.6. The standard InChI is InChI=1S/C15H32N2OS/c1-15(2,10-11-16)9-8-14(18)17-12-6-4-5-7-13-19-3/h4-13,16H2,1-3H3,(H,17,18). The minimum absolute atomic E-state index is 0.184. The molecule has 0 saturated carbocycles. The molecule has 0 atom stereocenters. The van der Waals surface area contributed by atoms with Gasteiger partial charge in [-0.05, 0) is 49.7 Å². The zero-order valence-corrected chi connectivity index (χ0v) is 13.8. The van der Waals surface area contributed by atoms with Crippen LogP contribution in [0.15, 0.2) is 0 Å². The SMILES string of the molecule is CSCCCCCCNC(=O)CCC(C)(C)CCN. The van der Waals surface area contributed by atoms with Gasteiger partial charge in [-0.2, -0.15) is 11.8 Å². The first-order chi connectivity index (χ1) is 9.02. The molecule has 4 heteroatoms. The molecule has 0 aromatic heterocycles. The van der Waals surface area contributed by atoms with Crippen molar-refractivity contribution in [2.75, 3.05) is 25.1 Å². The number of thioether (sulfide) groups is 1. The molecule has 1 amide bonds. The van der Waals surface area contributed by atoms with Gasteiger partial charge in [0.2, 0.25) is 5.91 Å². The van der Waals surface area contributed by atoms with Crippen LogP contribution in [0.1, 0.15) is 58.8 Å². The Hall–Kier alpha value is -0.220. The summed E-state index contributed by atoms with van der Waals surface area (Å²) in [6.45, 7) is 5.89. The molecule has 0 fully saturated rings. The van der Waals surface area contributed by atoms with Crippen LogP contribution in [0.3, 0.4) is 0 Å². The Kier molecular flexibility index (Phi) is 11.5. The molecule has 3 N–H and O–H groups in total. The number of rotatable bonds is 12. The predicted molar refractivity (Wildman–Crippen MR) is 86.5 cm³/mol. The van der Waals surface area contributed by atoms with Crippen molar-refractivity contribution in [2.45, 2.75) is 58.8 Å². The number of unbranched alkanes of at least 4 members (excludes halogenated alkanes) is 3. The van der Waals surface area contributed by atoms with Crippen LogP contribution in [0.2, 0.25) is 0 Å². The van der Waals surface area contributed by atoms with Gasteiger partial charge >= 0.3 is 0 Å². The summed E-state index contributed by atoms with van der Waals surface area (Å²) in [6.07, 6.45) is 9.57. The molecule has 0 bridgehead atoms. The molecule has 114 valence electrons. The number of carbonyl (C=O) groups excluding carboxylic acids is 1. The van der Waals surface area contributed by atoms with E-state index in [9.17, 15) is 4.79 Å². The van der Waals surface area contributed by atoms with Crippen molar-refractivity contribution in [3.63, 3.8) is 0 Å². The fourth-order valence-electron chi connectivity index (χ4n) is 2.01. The molecule has 0 aliphatic rings. The van der Waals surface area contributed by atoms with Crippen LogP contribution >= 0.6 is 11.8 Å². The second kappa shape index (κ2) is 11.6. The van der Waals surface area contributed by atoms with Crippen LogP contribution in [0.25, 0.3) is 0 Å². The largest absolute Gasteiger partial charge is 0.356 e. The average Bonchev–Trinajstić information content (AvgIpc) is 2.35. The highest BCUT2D eigenvalue weighted by atomic mass is 32.2. The number of hydrogen-bond donors (Lipinski definition) is 2. The molecule has 0 saturated heterocycles. The number of hydrogen-bond acceptors (Lipinski definition) is 3. The van der Waals surface area contributed by atoms with E-state index in [2.05, 4.69) is 25.4 Å². The van der Waals surface area contributed by atoms with Gasteiger partial charge in [0.25, 0.3) is 0 Å². The van der Waals surface area contributed by atoms with E-state index in [0.717, 1.165) is 25.8 Å². The highest BCUT2D eigenvalue weighted by molar-refractivity contribution is 7.98.